The van der Waals surface area contributed by atoms with E-state index in [0.29, 0.717) is 25.5 Å². The Balaban J connectivity index is 1.27. The van der Waals surface area contributed by atoms with Gasteiger partial charge in [0, 0.05) is 31.7 Å². The zero-order valence-corrected chi connectivity index (χ0v) is 15.2. The third-order valence-corrected chi connectivity index (χ3v) is 5.65. The largest absolute Gasteiger partial charge is 0.459 e. The Bertz CT molecular complexity index is 673. The molecule has 3 aliphatic heterocycles. The number of carbonyl (C=O) groups is 2. The van der Waals surface area contributed by atoms with Crippen LogP contribution in [0.1, 0.15) is 41.8 Å². The number of nitrogens with zero attached hydrogens (tertiary/aromatic N) is 2. The normalized spacial score (nSPS) is 24.7. The average molecular weight is 362 g/mol. The van der Waals surface area contributed by atoms with E-state index in [4.69, 9.17) is 13.9 Å². The van der Waals surface area contributed by atoms with E-state index in [1.165, 1.54) is 6.26 Å². The average Bonchev–Trinajstić information content (AvgIpc) is 3.29. The van der Waals surface area contributed by atoms with Crippen molar-refractivity contribution in [2.75, 3.05) is 39.4 Å². The molecule has 0 aliphatic carbocycles. The van der Waals surface area contributed by atoms with Crippen molar-refractivity contribution < 1.29 is 23.5 Å². The minimum absolute atomic E-state index is 0.0119. The molecule has 1 aromatic heterocycles. The van der Waals surface area contributed by atoms with Crippen LogP contribution in [0, 0.1) is 6.92 Å². The second kappa shape index (κ2) is 7.04. The Morgan fingerprint density at radius 2 is 2.04 bits per heavy atom. The number of amides is 2. The molecule has 0 aromatic carbocycles. The fourth-order valence-corrected chi connectivity index (χ4v) is 4.12. The maximum Gasteiger partial charge on any atom is 0.290 e. The van der Waals surface area contributed by atoms with Gasteiger partial charge in [-0.2, -0.15) is 0 Å². The second-order valence-electron chi connectivity index (χ2n) is 7.64. The predicted molar refractivity (Wildman–Crippen MR) is 92.8 cm³/mol. The fourth-order valence-electron chi connectivity index (χ4n) is 4.12. The van der Waals surface area contributed by atoms with Crippen molar-refractivity contribution in [3.63, 3.8) is 0 Å². The van der Waals surface area contributed by atoms with Crippen molar-refractivity contribution in [1.29, 1.82) is 0 Å². The lowest BCUT2D eigenvalue weighted by molar-refractivity contribution is -0.188. The van der Waals surface area contributed by atoms with Crippen LogP contribution >= 0.6 is 0 Å². The number of carbonyl (C=O) groups excluding carboxylic acids is 2. The molecule has 0 unspecified atom stereocenters. The first-order valence-electron chi connectivity index (χ1n) is 9.43. The highest BCUT2D eigenvalue weighted by Crippen LogP contribution is 2.36. The lowest BCUT2D eigenvalue weighted by atomic mass is 9.84. The summed E-state index contributed by atoms with van der Waals surface area (Å²) in [5, 5.41) is 0. The molecule has 0 bridgehead atoms. The van der Waals surface area contributed by atoms with Crippen LogP contribution in [0.2, 0.25) is 0 Å². The Morgan fingerprint density at radius 3 is 2.73 bits per heavy atom. The van der Waals surface area contributed by atoms with E-state index < -0.39 is 0 Å². The summed E-state index contributed by atoms with van der Waals surface area (Å²) >= 11 is 0. The van der Waals surface area contributed by atoms with Gasteiger partial charge in [0.15, 0.2) is 5.76 Å². The number of hydrogen-bond acceptors (Lipinski definition) is 5. The predicted octanol–water partition coefficient (Wildman–Crippen LogP) is 1.60. The van der Waals surface area contributed by atoms with Crippen molar-refractivity contribution in [2.24, 2.45) is 0 Å². The van der Waals surface area contributed by atoms with Gasteiger partial charge in [-0.25, -0.2) is 0 Å². The first-order chi connectivity index (χ1) is 12.6. The highest BCUT2D eigenvalue weighted by Gasteiger charge is 2.50. The van der Waals surface area contributed by atoms with Gasteiger partial charge in [-0.05, 0) is 32.3 Å². The minimum atomic E-state index is -0.338. The molecule has 3 saturated heterocycles. The smallest absolute Gasteiger partial charge is 0.290 e. The van der Waals surface area contributed by atoms with Crippen LogP contribution in [0.4, 0.5) is 0 Å². The monoisotopic (exact) mass is 362 g/mol. The zero-order chi connectivity index (χ0) is 18.1. The molecule has 0 saturated carbocycles. The van der Waals surface area contributed by atoms with Crippen LogP contribution in [0.15, 0.2) is 16.7 Å². The minimum Gasteiger partial charge on any atom is -0.459 e. The molecule has 4 heterocycles. The van der Waals surface area contributed by atoms with E-state index in [-0.39, 0.29) is 30.1 Å². The van der Waals surface area contributed by atoms with Crippen molar-refractivity contribution in [1.82, 2.24) is 9.80 Å². The van der Waals surface area contributed by atoms with Crippen LogP contribution in [0.25, 0.3) is 0 Å². The topological polar surface area (TPSA) is 72.2 Å². The molecule has 3 fully saturated rings. The maximum atomic E-state index is 12.5. The molecule has 4 rings (SSSR count). The summed E-state index contributed by atoms with van der Waals surface area (Å²) in [5.74, 6) is 0.399. The highest BCUT2D eigenvalue weighted by molar-refractivity contribution is 5.93. The van der Waals surface area contributed by atoms with E-state index in [1.807, 2.05) is 11.8 Å². The molecule has 3 aliphatic rings. The second-order valence-corrected chi connectivity index (χ2v) is 7.64. The molecule has 1 spiro atoms. The number of aryl methyl sites for hydroxylation is 1. The van der Waals surface area contributed by atoms with Crippen molar-refractivity contribution in [2.45, 2.75) is 44.3 Å². The van der Waals surface area contributed by atoms with Gasteiger partial charge in [0.2, 0.25) is 5.91 Å². The van der Waals surface area contributed by atoms with Gasteiger partial charge < -0.3 is 23.7 Å². The number of furan rings is 1. The Kier molecular flexibility index (Phi) is 4.75. The molecule has 7 heteroatoms. The maximum absolute atomic E-state index is 12.5. The van der Waals surface area contributed by atoms with Crippen LogP contribution in [0.5, 0.6) is 0 Å². The van der Waals surface area contributed by atoms with Crippen LogP contribution in [-0.2, 0) is 14.3 Å². The van der Waals surface area contributed by atoms with Crippen LogP contribution in [-0.4, -0.2) is 72.7 Å². The van der Waals surface area contributed by atoms with E-state index in [9.17, 15) is 9.59 Å². The zero-order valence-electron chi connectivity index (χ0n) is 15.2. The van der Waals surface area contributed by atoms with Gasteiger partial charge in [-0.3, -0.25) is 9.59 Å². The Hall–Kier alpha value is -1.86. The Labute approximate surface area is 153 Å². The molecule has 142 valence electrons. The van der Waals surface area contributed by atoms with E-state index in [1.54, 1.807) is 11.0 Å². The van der Waals surface area contributed by atoms with Gasteiger partial charge in [0.25, 0.3) is 5.91 Å². The molecule has 1 aromatic rings. The number of likely N-dealkylation sites (tertiary alicyclic amines) is 2. The molecule has 2 amide bonds. The van der Waals surface area contributed by atoms with E-state index in [2.05, 4.69) is 0 Å². The fraction of sp³-hybridized carbons (Fsp3) is 0.684. The molecule has 7 nitrogen and oxygen atoms in total. The summed E-state index contributed by atoms with van der Waals surface area (Å²) in [4.78, 5) is 28.3. The summed E-state index contributed by atoms with van der Waals surface area (Å²) in [6.45, 7) is 5.41. The Morgan fingerprint density at radius 1 is 1.27 bits per heavy atom. The van der Waals surface area contributed by atoms with Gasteiger partial charge in [-0.1, -0.05) is 0 Å². The molecule has 0 N–H and O–H groups in total. The van der Waals surface area contributed by atoms with Crippen molar-refractivity contribution in [3.8, 4) is 0 Å². The lowest BCUT2D eigenvalue weighted by Gasteiger charge is -2.52. The third-order valence-electron chi connectivity index (χ3n) is 5.65. The number of ether oxygens (including phenoxy) is 2. The number of rotatable bonds is 4. The van der Waals surface area contributed by atoms with Gasteiger partial charge in [0.1, 0.15) is 12.2 Å². The molecular formula is C19H26N2O5. The summed E-state index contributed by atoms with van der Waals surface area (Å²) in [7, 11) is 0. The summed E-state index contributed by atoms with van der Waals surface area (Å²) < 4.78 is 17.1. The molecule has 0 radical (unpaired) electrons. The van der Waals surface area contributed by atoms with Gasteiger partial charge >= 0.3 is 0 Å². The first-order valence-corrected chi connectivity index (χ1v) is 9.43. The lowest BCUT2D eigenvalue weighted by Crippen LogP contribution is -2.67. The molecule has 26 heavy (non-hydrogen) atoms. The van der Waals surface area contributed by atoms with Gasteiger partial charge in [0.05, 0.1) is 25.5 Å². The first kappa shape index (κ1) is 17.5. The van der Waals surface area contributed by atoms with Crippen molar-refractivity contribution >= 4 is 11.8 Å². The molecule has 1 atom stereocenters. The quantitative estimate of drug-likeness (QED) is 0.814. The highest BCUT2D eigenvalue weighted by atomic mass is 16.5. The summed E-state index contributed by atoms with van der Waals surface area (Å²) in [6.07, 6.45) is 5.24. The third kappa shape index (κ3) is 3.38. The van der Waals surface area contributed by atoms with E-state index >= 15 is 0 Å². The van der Waals surface area contributed by atoms with Crippen molar-refractivity contribution in [3.05, 3.63) is 23.7 Å². The summed E-state index contributed by atoms with van der Waals surface area (Å²) in [5.41, 5.74) is 0.512. The standard InChI is InChI=1S/C19H26N2O5/c1-14-4-8-24-17(14)18(23)21-12-19(13-21)10-15(5-9-26-19)25-11-16(22)20-6-2-3-7-20/h4,8,15H,2-3,5-7,9-13H2,1H3/t15-/m0/s1. The van der Waals surface area contributed by atoms with Gasteiger partial charge in [-0.15, -0.1) is 0 Å². The SMILES string of the molecule is Cc1ccoc1C(=O)N1CC2(C[C@@H](OCC(=O)N3CCCC3)CCO2)C1. The van der Waals surface area contributed by atoms with Crippen LogP contribution in [0.3, 0.4) is 0 Å². The summed E-state index contributed by atoms with van der Waals surface area (Å²) in [6, 6.07) is 1.79. The van der Waals surface area contributed by atoms with E-state index in [0.717, 1.165) is 44.3 Å². The molecular weight excluding hydrogens is 336 g/mol. The number of hydrogen-bond donors (Lipinski definition) is 0. The van der Waals surface area contributed by atoms with Crippen LogP contribution < -0.4 is 0 Å².